The van der Waals surface area contributed by atoms with Crippen LogP contribution in [-0.2, 0) is 0 Å². The van der Waals surface area contributed by atoms with Crippen LogP contribution in [0.3, 0.4) is 0 Å². The van der Waals surface area contributed by atoms with Gasteiger partial charge in [0.25, 0.3) is 0 Å². The molecule has 0 saturated heterocycles. The fraction of sp³-hybridized carbons (Fsp3) is 0.117. The molecule has 1 aromatic heterocycles. The third kappa shape index (κ3) is 7.62. The molecule has 0 aliphatic carbocycles. The summed E-state index contributed by atoms with van der Waals surface area (Å²) in [6.07, 6.45) is 0. The number of fused-ring (bicyclic) bond motifs is 2. The number of hydrogen-bond acceptors (Lipinski definition) is 4. The lowest BCUT2D eigenvalue weighted by atomic mass is 9.77. The second kappa shape index (κ2) is 16.9. The van der Waals surface area contributed by atoms with Crippen molar-refractivity contribution >= 4 is 38.9 Å². The summed E-state index contributed by atoms with van der Waals surface area (Å²) in [5.74, 6) is 1.78. The number of anilines is 3. The molecule has 310 valence electrons. The summed E-state index contributed by atoms with van der Waals surface area (Å²) in [6.45, 7) is 13.4. The first-order valence-corrected chi connectivity index (χ1v) is 22.1. The van der Waals surface area contributed by atoms with Gasteiger partial charge in [-0.25, -0.2) is 4.98 Å². The zero-order valence-electron chi connectivity index (χ0n) is 37.3. The Morgan fingerprint density at radius 2 is 0.875 bits per heavy atom. The third-order valence-electron chi connectivity index (χ3n) is 12.6. The fourth-order valence-corrected chi connectivity index (χ4v) is 9.94. The summed E-state index contributed by atoms with van der Waals surface area (Å²) < 4.78 is 0. The van der Waals surface area contributed by atoms with Gasteiger partial charge in [-0.3, -0.25) is 4.90 Å². The van der Waals surface area contributed by atoms with Crippen molar-refractivity contribution in [3.05, 3.63) is 238 Å². The summed E-state index contributed by atoms with van der Waals surface area (Å²) in [5, 5.41) is 4.51. The first-order chi connectivity index (χ1) is 31.2. The molecule has 0 fully saturated rings. The lowest BCUT2D eigenvalue weighted by molar-refractivity contribution is 0.919. The summed E-state index contributed by atoms with van der Waals surface area (Å²) in [6, 6.07) is 67.2. The average Bonchev–Trinajstić information content (AvgIpc) is 3.31. The van der Waals surface area contributed by atoms with Crippen LogP contribution >= 0.6 is 0 Å². The van der Waals surface area contributed by atoms with Crippen molar-refractivity contribution in [2.75, 3.05) is 4.90 Å². The molecule has 0 bridgehead atoms. The molecule has 10 rings (SSSR count). The van der Waals surface area contributed by atoms with Gasteiger partial charge in [-0.15, -0.1) is 0 Å². The Balaban J connectivity index is 1.22. The van der Waals surface area contributed by atoms with Crippen LogP contribution in [-0.4, -0.2) is 15.0 Å². The van der Waals surface area contributed by atoms with E-state index in [9.17, 15) is 0 Å². The van der Waals surface area contributed by atoms with E-state index in [2.05, 4.69) is 216 Å². The Labute approximate surface area is 376 Å². The molecule has 9 aromatic carbocycles. The molecule has 0 N–H and O–H groups in total. The van der Waals surface area contributed by atoms with Gasteiger partial charge in [0, 0.05) is 28.1 Å². The molecule has 0 spiro atoms. The number of nitrogens with zero attached hydrogens (tertiary/aromatic N) is 4. The largest absolute Gasteiger partial charge is 0.278 e. The third-order valence-corrected chi connectivity index (χ3v) is 12.6. The molecule has 0 atom stereocenters. The molecular formula is C60H50N4. The maximum Gasteiger partial charge on any atom is 0.238 e. The van der Waals surface area contributed by atoms with Crippen molar-refractivity contribution in [1.29, 1.82) is 0 Å². The van der Waals surface area contributed by atoms with Crippen LogP contribution in [0, 0.1) is 41.5 Å². The van der Waals surface area contributed by atoms with Crippen LogP contribution in [0.5, 0.6) is 0 Å². The SMILES string of the molecule is Cc1cc(C)c(C(c2ccc(N(c3nc(-c4ccccc4)nc(-c4cc5ccccc5cc4-c4ccccc4)n3)c3cccc4ccccc34)cc2)c2c(C)cc(C)cc2C)c(C)c1. The lowest BCUT2D eigenvalue weighted by Crippen LogP contribution is -2.16. The number of benzene rings is 9. The van der Waals surface area contributed by atoms with Crippen LogP contribution in [0.4, 0.5) is 17.3 Å². The van der Waals surface area contributed by atoms with Gasteiger partial charge in [-0.2, -0.15) is 9.97 Å². The zero-order valence-corrected chi connectivity index (χ0v) is 37.3. The van der Waals surface area contributed by atoms with Gasteiger partial charge in [0.05, 0.1) is 5.69 Å². The Morgan fingerprint density at radius 3 is 1.47 bits per heavy atom. The molecule has 4 nitrogen and oxygen atoms in total. The molecular weight excluding hydrogens is 777 g/mol. The van der Waals surface area contributed by atoms with E-state index in [0.717, 1.165) is 55.2 Å². The Kier molecular flexibility index (Phi) is 10.7. The van der Waals surface area contributed by atoms with Crippen LogP contribution in [0.15, 0.2) is 188 Å². The smallest absolute Gasteiger partial charge is 0.238 e. The highest BCUT2D eigenvalue weighted by Gasteiger charge is 2.27. The predicted molar refractivity (Wildman–Crippen MR) is 268 cm³/mol. The summed E-state index contributed by atoms with van der Waals surface area (Å²) in [4.78, 5) is 18.4. The standard InChI is InChI=1S/C60H50N4/c1-38-32-40(3)55(41(4)33-38)57(56-42(5)34-39(2)35-43(56)6)46-28-30-50(31-29-46)64(54-27-17-25-44-20-15-16-26-51(44)54)60-62-58(47-21-11-8-12-22-47)61-59(63-60)53-37-49-24-14-13-23-48(49)36-52(53)45-18-9-7-10-19-45/h7-37,57H,1-6H3. The van der Waals surface area contributed by atoms with E-state index >= 15 is 0 Å². The molecule has 64 heavy (non-hydrogen) atoms. The van der Waals surface area contributed by atoms with Crippen molar-refractivity contribution in [1.82, 2.24) is 15.0 Å². The van der Waals surface area contributed by atoms with Crippen LogP contribution < -0.4 is 4.90 Å². The molecule has 0 unspecified atom stereocenters. The van der Waals surface area contributed by atoms with Crippen molar-refractivity contribution in [3.8, 4) is 33.9 Å². The van der Waals surface area contributed by atoms with E-state index in [1.807, 2.05) is 18.2 Å². The van der Waals surface area contributed by atoms with E-state index in [-0.39, 0.29) is 5.92 Å². The van der Waals surface area contributed by atoms with E-state index < -0.39 is 0 Å². The van der Waals surface area contributed by atoms with Gasteiger partial charge >= 0.3 is 0 Å². The van der Waals surface area contributed by atoms with Crippen LogP contribution in [0.1, 0.15) is 56.0 Å². The molecule has 0 aliphatic rings. The number of aryl methyl sites for hydroxylation is 6. The minimum atomic E-state index is 0.0408. The van der Waals surface area contributed by atoms with Gasteiger partial charge in [-0.1, -0.05) is 169 Å². The van der Waals surface area contributed by atoms with Crippen LogP contribution in [0.2, 0.25) is 0 Å². The van der Waals surface area contributed by atoms with Gasteiger partial charge < -0.3 is 0 Å². The van der Waals surface area contributed by atoms with E-state index in [1.165, 1.54) is 50.1 Å². The molecule has 10 aromatic rings. The minimum absolute atomic E-state index is 0.0408. The first kappa shape index (κ1) is 40.4. The van der Waals surface area contributed by atoms with E-state index in [0.29, 0.717) is 17.6 Å². The maximum absolute atomic E-state index is 5.50. The van der Waals surface area contributed by atoms with Gasteiger partial charge in [0.2, 0.25) is 5.95 Å². The molecule has 0 radical (unpaired) electrons. The highest BCUT2D eigenvalue weighted by atomic mass is 15.3. The summed E-state index contributed by atoms with van der Waals surface area (Å²) in [5.41, 5.74) is 17.7. The molecule has 0 saturated carbocycles. The van der Waals surface area contributed by atoms with Gasteiger partial charge in [0.15, 0.2) is 11.6 Å². The van der Waals surface area contributed by atoms with Gasteiger partial charge in [-0.05, 0) is 138 Å². The van der Waals surface area contributed by atoms with Crippen molar-refractivity contribution < 1.29 is 0 Å². The zero-order chi connectivity index (χ0) is 43.9. The molecule has 0 amide bonds. The molecule has 0 aliphatic heterocycles. The topological polar surface area (TPSA) is 41.9 Å². The minimum Gasteiger partial charge on any atom is -0.278 e. The number of aromatic nitrogens is 3. The highest BCUT2D eigenvalue weighted by molar-refractivity contribution is 5.99. The number of hydrogen-bond donors (Lipinski definition) is 0. The van der Waals surface area contributed by atoms with E-state index in [4.69, 9.17) is 15.0 Å². The van der Waals surface area contributed by atoms with Gasteiger partial charge in [0.1, 0.15) is 0 Å². The molecule has 4 heteroatoms. The fourth-order valence-electron chi connectivity index (χ4n) is 9.94. The number of rotatable bonds is 9. The normalized spacial score (nSPS) is 11.4. The summed E-state index contributed by atoms with van der Waals surface area (Å²) in [7, 11) is 0. The second-order valence-electron chi connectivity index (χ2n) is 17.2. The van der Waals surface area contributed by atoms with Crippen LogP contribution in [0.25, 0.3) is 55.4 Å². The highest BCUT2D eigenvalue weighted by Crippen LogP contribution is 2.44. The monoisotopic (exact) mass is 826 g/mol. The Hall–Kier alpha value is -7.69. The predicted octanol–water partition coefficient (Wildman–Crippen LogP) is 15.7. The Bertz CT molecular complexity index is 3230. The maximum atomic E-state index is 5.50. The van der Waals surface area contributed by atoms with Crippen molar-refractivity contribution in [3.63, 3.8) is 0 Å². The first-order valence-electron chi connectivity index (χ1n) is 22.1. The van der Waals surface area contributed by atoms with Crippen molar-refractivity contribution in [2.45, 2.75) is 47.5 Å². The second-order valence-corrected chi connectivity index (χ2v) is 17.2. The van der Waals surface area contributed by atoms with Crippen molar-refractivity contribution in [2.24, 2.45) is 0 Å². The quantitative estimate of drug-likeness (QED) is 0.136. The van der Waals surface area contributed by atoms with E-state index in [1.54, 1.807) is 0 Å². The molecule has 1 heterocycles. The average molecular weight is 827 g/mol. The summed E-state index contributed by atoms with van der Waals surface area (Å²) >= 11 is 0. The Morgan fingerprint density at radius 1 is 0.391 bits per heavy atom. The lowest BCUT2D eigenvalue weighted by Gasteiger charge is -2.29.